The van der Waals surface area contributed by atoms with E-state index in [2.05, 4.69) is 20.6 Å². The molecule has 162 valence electrons. The second-order valence-electron chi connectivity index (χ2n) is 7.80. The highest BCUT2D eigenvalue weighted by Crippen LogP contribution is 2.32. The van der Waals surface area contributed by atoms with E-state index in [-0.39, 0.29) is 12.1 Å². The molecular formula is C21H26F3N5O. The molecule has 1 aliphatic carbocycles. The first-order valence-electron chi connectivity index (χ1n) is 10.4. The number of halogens is 3. The standard InChI is InChI=1S/C21H26F3N5O/c22-21(23,24)14-7-8-18-17(11-14)28-19(20-27-12-16(13-30)29(18)20)26-10-4-9-25-15-5-2-1-3-6-15/h7-8,11-12,15,25,30H,1-6,9-10,13H2,(H,26,28). The van der Waals surface area contributed by atoms with Gasteiger partial charge in [-0.3, -0.25) is 4.40 Å². The molecule has 1 saturated carbocycles. The Bertz CT molecular complexity index is 1010. The number of fused-ring (bicyclic) bond motifs is 3. The molecule has 1 aliphatic rings. The lowest BCUT2D eigenvalue weighted by Crippen LogP contribution is -2.32. The van der Waals surface area contributed by atoms with Crippen LogP contribution in [0.3, 0.4) is 0 Å². The number of nitrogens with one attached hydrogen (secondary N) is 2. The van der Waals surface area contributed by atoms with Gasteiger partial charge in [0.1, 0.15) is 0 Å². The third kappa shape index (κ3) is 4.37. The quantitative estimate of drug-likeness (QED) is 0.501. The number of imidazole rings is 1. The molecule has 0 bridgehead atoms. The van der Waals surface area contributed by atoms with Gasteiger partial charge in [-0.1, -0.05) is 19.3 Å². The van der Waals surface area contributed by atoms with Gasteiger partial charge in [0.05, 0.1) is 35.1 Å². The Kier molecular flexibility index (Phi) is 6.10. The minimum absolute atomic E-state index is 0.202. The number of aliphatic hydroxyl groups is 1. The Morgan fingerprint density at radius 3 is 2.67 bits per heavy atom. The van der Waals surface area contributed by atoms with Crippen molar-refractivity contribution in [1.82, 2.24) is 19.7 Å². The van der Waals surface area contributed by atoms with Crippen LogP contribution in [0.2, 0.25) is 0 Å². The largest absolute Gasteiger partial charge is 0.416 e. The van der Waals surface area contributed by atoms with Gasteiger partial charge in [0, 0.05) is 12.6 Å². The van der Waals surface area contributed by atoms with Crippen molar-refractivity contribution in [2.75, 3.05) is 18.4 Å². The Labute approximate surface area is 172 Å². The predicted molar refractivity (Wildman–Crippen MR) is 109 cm³/mol. The van der Waals surface area contributed by atoms with Crippen LogP contribution in [-0.2, 0) is 12.8 Å². The number of rotatable bonds is 7. The van der Waals surface area contributed by atoms with Crippen LogP contribution in [-0.4, -0.2) is 38.6 Å². The topological polar surface area (TPSA) is 74.5 Å². The molecular weight excluding hydrogens is 395 g/mol. The van der Waals surface area contributed by atoms with E-state index in [9.17, 15) is 18.3 Å². The van der Waals surface area contributed by atoms with E-state index in [1.807, 2.05) is 0 Å². The fraction of sp³-hybridized carbons (Fsp3) is 0.524. The number of hydrogen-bond acceptors (Lipinski definition) is 5. The summed E-state index contributed by atoms with van der Waals surface area (Å²) in [6, 6.07) is 4.02. The lowest BCUT2D eigenvalue weighted by Gasteiger charge is -2.22. The molecule has 0 atom stereocenters. The molecule has 2 aromatic heterocycles. The maximum absolute atomic E-state index is 13.1. The van der Waals surface area contributed by atoms with Crippen molar-refractivity contribution in [2.24, 2.45) is 0 Å². The zero-order valence-corrected chi connectivity index (χ0v) is 16.7. The van der Waals surface area contributed by atoms with E-state index in [4.69, 9.17) is 0 Å². The molecule has 9 heteroatoms. The summed E-state index contributed by atoms with van der Waals surface area (Å²) < 4.78 is 41.1. The van der Waals surface area contributed by atoms with E-state index in [0.29, 0.717) is 35.3 Å². The minimum Gasteiger partial charge on any atom is -0.390 e. The first kappa shape index (κ1) is 20.9. The van der Waals surface area contributed by atoms with Gasteiger partial charge in [-0.05, 0) is 44.0 Å². The Hall–Kier alpha value is -2.39. The highest BCUT2D eigenvalue weighted by Gasteiger charge is 2.31. The van der Waals surface area contributed by atoms with E-state index < -0.39 is 11.7 Å². The smallest absolute Gasteiger partial charge is 0.390 e. The summed E-state index contributed by atoms with van der Waals surface area (Å²) in [6.45, 7) is 1.22. The summed E-state index contributed by atoms with van der Waals surface area (Å²) >= 11 is 0. The SMILES string of the molecule is OCc1cnc2c(NCCCNC3CCCCC3)nc3cc(C(F)(F)F)ccc3n12. The maximum atomic E-state index is 13.1. The zero-order valence-electron chi connectivity index (χ0n) is 16.7. The van der Waals surface area contributed by atoms with Gasteiger partial charge in [0.15, 0.2) is 11.5 Å². The van der Waals surface area contributed by atoms with Gasteiger partial charge in [0.2, 0.25) is 0 Å². The number of nitrogens with zero attached hydrogens (tertiary/aromatic N) is 3. The highest BCUT2D eigenvalue weighted by molar-refractivity contribution is 5.84. The highest BCUT2D eigenvalue weighted by atomic mass is 19.4. The molecule has 0 saturated heterocycles. The number of benzene rings is 1. The molecule has 3 aromatic rings. The van der Waals surface area contributed by atoms with Gasteiger partial charge in [-0.15, -0.1) is 0 Å². The lowest BCUT2D eigenvalue weighted by atomic mass is 9.95. The van der Waals surface area contributed by atoms with E-state index >= 15 is 0 Å². The molecule has 4 rings (SSSR count). The summed E-state index contributed by atoms with van der Waals surface area (Å²) in [5.41, 5.74) is 0.915. The van der Waals surface area contributed by atoms with Gasteiger partial charge in [-0.25, -0.2) is 9.97 Å². The van der Waals surface area contributed by atoms with Gasteiger partial charge in [-0.2, -0.15) is 13.2 Å². The van der Waals surface area contributed by atoms with Crippen LogP contribution in [0.25, 0.3) is 16.7 Å². The second-order valence-corrected chi connectivity index (χ2v) is 7.80. The van der Waals surface area contributed by atoms with E-state index in [0.717, 1.165) is 25.1 Å². The molecule has 6 nitrogen and oxygen atoms in total. The molecule has 0 unspecified atom stereocenters. The molecule has 0 amide bonds. The Balaban J connectivity index is 1.54. The summed E-state index contributed by atoms with van der Waals surface area (Å²) in [6.07, 6.45) is 4.25. The Morgan fingerprint density at radius 2 is 1.93 bits per heavy atom. The van der Waals surface area contributed by atoms with Crippen LogP contribution in [0.5, 0.6) is 0 Å². The third-order valence-corrected chi connectivity index (χ3v) is 5.67. The van der Waals surface area contributed by atoms with Crippen LogP contribution in [0.15, 0.2) is 24.4 Å². The summed E-state index contributed by atoms with van der Waals surface area (Å²) in [5.74, 6) is 0.416. The lowest BCUT2D eigenvalue weighted by molar-refractivity contribution is -0.137. The van der Waals surface area contributed by atoms with Crippen molar-refractivity contribution in [2.45, 2.75) is 57.3 Å². The normalized spacial score (nSPS) is 15.9. The molecule has 0 aliphatic heterocycles. The third-order valence-electron chi connectivity index (χ3n) is 5.67. The van der Waals surface area contributed by atoms with Crippen molar-refractivity contribution >= 4 is 22.5 Å². The number of aliphatic hydroxyl groups excluding tert-OH is 1. The van der Waals surface area contributed by atoms with Crippen LogP contribution < -0.4 is 10.6 Å². The van der Waals surface area contributed by atoms with Crippen LogP contribution in [0.1, 0.15) is 49.8 Å². The van der Waals surface area contributed by atoms with Crippen LogP contribution >= 0.6 is 0 Å². The fourth-order valence-electron chi connectivity index (χ4n) is 4.11. The van der Waals surface area contributed by atoms with Gasteiger partial charge < -0.3 is 15.7 Å². The number of anilines is 1. The predicted octanol–water partition coefficient (Wildman–Crippen LogP) is 4.12. The molecule has 1 fully saturated rings. The summed E-state index contributed by atoms with van der Waals surface area (Å²) in [5, 5.41) is 16.4. The molecule has 3 N–H and O–H groups in total. The summed E-state index contributed by atoms with van der Waals surface area (Å²) in [7, 11) is 0. The van der Waals surface area contributed by atoms with Gasteiger partial charge in [0.25, 0.3) is 0 Å². The van der Waals surface area contributed by atoms with Crippen molar-refractivity contribution in [3.8, 4) is 0 Å². The Morgan fingerprint density at radius 1 is 1.13 bits per heavy atom. The average Bonchev–Trinajstić information content (AvgIpc) is 3.18. The van der Waals surface area contributed by atoms with Gasteiger partial charge >= 0.3 is 6.18 Å². The zero-order chi connectivity index (χ0) is 21.1. The fourth-order valence-corrected chi connectivity index (χ4v) is 4.11. The van der Waals surface area contributed by atoms with Crippen LogP contribution in [0, 0.1) is 0 Å². The monoisotopic (exact) mass is 421 g/mol. The molecule has 1 aromatic carbocycles. The molecule has 0 spiro atoms. The first-order valence-corrected chi connectivity index (χ1v) is 10.4. The average molecular weight is 421 g/mol. The molecule has 2 heterocycles. The van der Waals surface area contributed by atoms with Crippen molar-refractivity contribution in [3.63, 3.8) is 0 Å². The number of hydrogen-bond donors (Lipinski definition) is 3. The molecule has 0 radical (unpaired) electrons. The second kappa shape index (κ2) is 8.77. The first-order chi connectivity index (χ1) is 14.5. The number of alkyl halides is 3. The van der Waals surface area contributed by atoms with Crippen molar-refractivity contribution < 1.29 is 18.3 Å². The van der Waals surface area contributed by atoms with E-state index in [1.54, 1.807) is 4.40 Å². The number of aromatic nitrogens is 3. The minimum atomic E-state index is -4.45. The van der Waals surface area contributed by atoms with E-state index in [1.165, 1.54) is 44.4 Å². The van der Waals surface area contributed by atoms with Crippen molar-refractivity contribution in [3.05, 3.63) is 35.7 Å². The molecule has 30 heavy (non-hydrogen) atoms. The summed E-state index contributed by atoms with van der Waals surface area (Å²) in [4.78, 5) is 8.74. The van der Waals surface area contributed by atoms with Crippen molar-refractivity contribution in [1.29, 1.82) is 0 Å². The maximum Gasteiger partial charge on any atom is 0.416 e. The van der Waals surface area contributed by atoms with Crippen LogP contribution in [0.4, 0.5) is 19.0 Å².